The van der Waals surface area contributed by atoms with Gasteiger partial charge in [0.05, 0.1) is 0 Å². The Morgan fingerprint density at radius 2 is 1.38 bits per heavy atom. The Bertz CT molecular complexity index is 1280. The fourth-order valence-electron chi connectivity index (χ4n) is 3.40. The highest BCUT2D eigenvalue weighted by atomic mass is 16.3. The summed E-state index contributed by atoms with van der Waals surface area (Å²) in [5.41, 5.74) is 5.44. The predicted octanol–water partition coefficient (Wildman–Crippen LogP) is 6.68. The fourth-order valence-corrected chi connectivity index (χ4v) is 3.40. The van der Waals surface area contributed by atoms with Gasteiger partial charge in [0.25, 0.3) is 0 Å². The highest BCUT2D eigenvalue weighted by Crippen LogP contribution is 2.40. The number of benzene rings is 3. The van der Waals surface area contributed by atoms with E-state index in [0.29, 0.717) is 0 Å². The van der Waals surface area contributed by atoms with Gasteiger partial charge in [-0.05, 0) is 41.5 Å². The van der Waals surface area contributed by atoms with E-state index in [4.69, 9.17) is 8.83 Å². The van der Waals surface area contributed by atoms with Crippen molar-refractivity contribution in [2.24, 2.45) is 0 Å². The van der Waals surface area contributed by atoms with Gasteiger partial charge in [-0.15, -0.1) is 0 Å². The van der Waals surface area contributed by atoms with Crippen molar-refractivity contribution in [3.05, 3.63) is 79.4 Å². The average molecular weight is 310 g/mol. The first-order valence-corrected chi connectivity index (χ1v) is 7.84. The van der Waals surface area contributed by atoms with Gasteiger partial charge in [-0.3, -0.25) is 0 Å². The summed E-state index contributed by atoms with van der Waals surface area (Å²) in [5.74, 6) is 0. The maximum Gasteiger partial charge on any atom is 0.136 e. The van der Waals surface area contributed by atoms with Crippen LogP contribution in [-0.4, -0.2) is 0 Å². The topological polar surface area (TPSA) is 26.3 Å². The summed E-state index contributed by atoms with van der Waals surface area (Å²) in [6, 6.07) is 18.2. The van der Waals surface area contributed by atoms with Gasteiger partial charge in [0.1, 0.15) is 22.3 Å². The lowest BCUT2D eigenvalue weighted by molar-refractivity contribution is 0.663. The van der Waals surface area contributed by atoms with Crippen molar-refractivity contribution in [2.75, 3.05) is 0 Å². The molecule has 0 spiro atoms. The normalized spacial score (nSPS) is 11.7. The lowest BCUT2D eigenvalue weighted by Crippen LogP contribution is -1.78. The molecule has 0 saturated heterocycles. The van der Waals surface area contributed by atoms with Crippen molar-refractivity contribution in [2.45, 2.75) is 0 Å². The molecule has 0 unspecified atom stereocenters. The van der Waals surface area contributed by atoms with Gasteiger partial charge in [0.15, 0.2) is 0 Å². The third-order valence-electron chi connectivity index (χ3n) is 4.59. The van der Waals surface area contributed by atoms with E-state index >= 15 is 0 Å². The minimum absolute atomic E-state index is 0.864. The molecule has 2 heterocycles. The van der Waals surface area contributed by atoms with E-state index in [1.54, 1.807) is 6.08 Å². The molecule has 5 aromatic rings. The van der Waals surface area contributed by atoms with Crippen LogP contribution in [0.4, 0.5) is 0 Å². The molecule has 2 heteroatoms. The van der Waals surface area contributed by atoms with Crippen molar-refractivity contribution in [3.8, 4) is 0 Å². The lowest BCUT2D eigenvalue weighted by atomic mass is 10.0. The summed E-state index contributed by atoms with van der Waals surface area (Å²) in [7, 11) is 0. The SMILES string of the molecule is C=CC(=C)c1ccc2oc3ccc4oc5ccccc5c4c3c2c1. The van der Waals surface area contributed by atoms with E-state index in [2.05, 4.69) is 25.3 Å². The van der Waals surface area contributed by atoms with Gasteiger partial charge in [-0.1, -0.05) is 43.5 Å². The van der Waals surface area contributed by atoms with Crippen molar-refractivity contribution >= 4 is 49.5 Å². The number of para-hydroxylation sites is 1. The standard InChI is InChI=1S/C22H14O2/c1-3-13(2)14-8-9-18-16(12-14)22-20(24-18)11-10-19-21(22)15-6-4-5-7-17(15)23-19/h3-12H,1-2H2. The van der Waals surface area contributed by atoms with Crippen LogP contribution in [-0.2, 0) is 0 Å². The summed E-state index contributed by atoms with van der Waals surface area (Å²) in [6.45, 7) is 7.86. The van der Waals surface area contributed by atoms with Gasteiger partial charge in [0, 0.05) is 21.5 Å². The Morgan fingerprint density at radius 3 is 2.12 bits per heavy atom. The molecule has 5 rings (SSSR count). The summed E-state index contributed by atoms with van der Waals surface area (Å²) in [4.78, 5) is 0. The van der Waals surface area contributed by atoms with Crippen LogP contribution in [0.15, 0.2) is 82.7 Å². The molecule has 24 heavy (non-hydrogen) atoms. The van der Waals surface area contributed by atoms with Crippen LogP contribution < -0.4 is 0 Å². The molecule has 0 aliphatic carbocycles. The number of fused-ring (bicyclic) bond motifs is 7. The van der Waals surface area contributed by atoms with E-state index in [-0.39, 0.29) is 0 Å². The van der Waals surface area contributed by atoms with Crippen molar-refractivity contribution in [3.63, 3.8) is 0 Å². The maximum absolute atomic E-state index is 6.05. The van der Waals surface area contributed by atoms with E-state index in [0.717, 1.165) is 55.0 Å². The molecule has 0 saturated carbocycles. The van der Waals surface area contributed by atoms with Crippen molar-refractivity contribution < 1.29 is 8.83 Å². The molecule has 0 radical (unpaired) electrons. The van der Waals surface area contributed by atoms with Crippen molar-refractivity contribution in [1.29, 1.82) is 0 Å². The quantitative estimate of drug-likeness (QED) is 0.340. The zero-order valence-corrected chi connectivity index (χ0v) is 13.0. The Morgan fingerprint density at radius 1 is 0.750 bits per heavy atom. The third-order valence-corrected chi connectivity index (χ3v) is 4.59. The fraction of sp³-hybridized carbons (Fsp3) is 0. The smallest absolute Gasteiger partial charge is 0.136 e. The van der Waals surface area contributed by atoms with Crippen LogP contribution in [0.3, 0.4) is 0 Å². The number of hydrogen-bond acceptors (Lipinski definition) is 2. The number of allylic oxidation sites excluding steroid dienone is 2. The molecular formula is C22H14O2. The van der Waals surface area contributed by atoms with E-state index in [1.807, 2.05) is 42.5 Å². The maximum atomic E-state index is 6.05. The Kier molecular flexibility index (Phi) is 2.54. The Hall–Kier alpha value is -3.26. The molecule has 3 aromatic carbocycles. The van der Waals surface area contributed by atoms with Gasteiger partial charge in [-0.25, -0.2) is 0 Å². The second kappa shape index (κ2) is 4.62. The first-order valence-electron chi connectivity index (χ1n) is 7.84. The number of rotatable bonds is 2. The minimum atomic E-state index is 0.864. The third kappa shape index (κ3) is 1.65. The highest BCUT2D eigenvalue weighted by molar-refractivity contribution is 6.25. The van der Waals surface area contributed by atoms with Gasteiger partial charge in [-0.2, -0.15) is 0 Å². The average Bonchev–Trinajstić information content (AvgIpc) is 3.17. The van der Waals surface area contributed by atoms with Gasteiger partial charge in [0.2, 0.25) is 0 Å². The molecular weight excluding hydrogens is 296 g/mol. The van der Waals surface area contributed by atoms with Crippen molar-refractivity contribution in [1.82, 2.24) is 0 Å². The molecule has 0 bridgehead atoms. The van der Waals surface area contributed by atoms with Crippen LogP contribution in [0, 0.1) is 0 Å². The number of furan rings is 2. The monoisotopic (exact) mass is 310 g/mol. The van der Waals surface area contributed by atoms with Crippen LogP contribution in [0.25, 0.3) is 49.5 Å². The number of hydrogen-bond donors (Lipinski definition) is 0. The molecule has 0 N–H and O–H groups in total. The lowest BCUT2D eigenvalue weighted by Gasteiger charge is -2.00. The van der Waals surface area contributed by atoms with Crippen LogP contribution in [0.5, 0.6) is 0 Å². The molecule has 2 nitrogen and oxygen atoms in total. The second-order valence-electron chi connectivity index (χ2n) is 5.95. The minimum Gasteiger partial charge on any atom is -0.456 e. The molecule has 0 aliphatic rings. The largest absolute Gasteiger partial charge is 0.456 e. The first kappa shape index (κ1) is 13.2. The summed E-state index contributed by atoms with van der Waals surface area (Å²) in [5, 5.41) is 4.37. The van der Waals surface area contributed by atoms with Crippen LogP contribution in [0.2, 0.25) is 0 Å². The summed E-state index contributed by atoms with van der Waals surface area (Å²) < 4.78 is 12.1. The molecule has 2 aromatic heterocycles. The van der Waals surface area contributed by atoms with E-state index < -0.39 is 0 Å². The predicted molar refractivity (Wildman–Crippen MR) is 100 cm³/mol. The Labute approximate surface area is 138 Å². The van der Waals surface area contributed by atoms with Crippen LogP contribution >= 0.6 is 0 Å². The van der Waals surface area contributed by atoms with Gasteiger partial charge >= 0.3 is 0 Å². The summed E-state index contributed by atoms with van der Waals surface area (Å²) >= 11 is 0. The van der Waals surface area contributed by atoms with E-state index in [1.165, 1.54) is 0 Å². The highest BCUT2D eigenvalue weighted by Gasteiger charge is 2.16. The Balaban J connectivity index is 2.02. The van der Waals surface area contributed by atoms with Gasteiger partial charge < -0.3 is 8.83 Å². The zero-order valence-electron chi connectivity index (χ0n) is 13.0. The zero-order chi connectivity index (χ0) is 16.3. The molecule has 0 atom stereocenters. The summed E-state index contributed by atoms with van der Waals surface area (Å²) in [6.07, 6.45) is 1.77. The molecule has 114 valence electrons. The second-order valence-corrected chi connectivity index (χ2v) is 5.95. The van der Waals surface area contributed by atoms with Crippen LogP contribution in [0.1, 0.15) is 5.56 Å². The van der Waals surface area contributed by atoms with E-state index in [9.17, 15) is 0 Å². The molecule has 0 aliphatic heterocycles. The molecule has 0 fully saturated rings. The first-order chi connectivity index (χ1) is 11.8. The molecule has 0 amide bonds.